The number of halogens is 4. The van der Waals surface area contributed by atoms with E-state index in [0.29, 0.717) is 5.56 Å². The van der Waals surface area contributed by atoms with Gasteiger partial charge >= 0.3 is 6.18 Å². The monoisotopic (exact) mass is 307 g/mol. The van der Waals surface area contributed by atoms with Crippen LogP contribution in [0.25, 0.3) is 22.8 Å². The largest absolute Gasteiger partial charge is 0.436 e. The van der Waals surface area contributed by atoms with E-state index in [0.717, 1.165) is 12.1 Å². The van der Waals surface area contributed by atoms with Crippen LogP contribution in [0.3, 0.4) is 0 Å². The average Bonchev–Trinajstić information content (AvgIpc) is 2.96. The summed E-state index contributed by atoms with van der Waals surface area (Å²) in [4.78, 5) is 3.96. The topological polar surface area (TPSA) is 26.0 Å². The third-order valence-electron chi connectivity index (χ3n) is 3.05. The Labute approximate surface area is 123 Å². The summed E-state index contributed by atoms with van der Waals surface area (Å²) < 4.78 is 56.7. The van der Waals surface area contributed by atoms with Gasteiger partial charge in [0.1, 0.15) is 5.82 Å². The second kappa shape index (κ2) is 5.29. The van der Waals surface area contributed by atoms with Crippen molar-refractivity contribution in [3.05, 3.63) is 66.1 Å². The number of benzene rings is 2. The van der Waals surface area contributed by atoms with E-state index in [4.69, 9.17) is 4.42 Å². The summed E-state index contributed by atoms with van der Waals surface area (Å²) in [5, 5.41) is 0. The van der Waals surface area contributed by atoms with Crippen LogP contribution in [0, 0.1) is 5.82 Å². The van der Waals surface area contributed by atoms with Gasteiger partial charge in [0.15, 0.2) is 5.76 Å². The predicted molar refractivity (Wildman–Crippen MR) is 72.3 cm³/mol. The zero-order valence-electron chi connectivity index (χ0n) is 11.1. The number of hydrogen-bond acceptors (Lipinski definition) is 2. The van der Waals surface area contributed by atoms with Crippen molar-refractivity contribution in [2.24, 2.45) is 0 Å². The number of oxazole rings is 1. The second-order valence-corrected chi connectivity index (χ2v) is 4.62. The summed E-state index contributed by atoms with van der Waals surface area (Å²) in [6, 6.07) is 10.4. The SMILES string of the molecule is Fc1cccc(-c2cnc(-c3cccc(C(F)(F)F)c3)o2)c1. The summed E-state index contributed by atoms with van der Waals surface area (Å²) in [7, 11) is 0. The first-order valence-electron chi connectivity index (χ1n) is 6.33. The van der Waals surface area contributed by atoms with Crippen LogP contribution in [-0.2, 0) is 6.18 Å². The third-order valence-corrected chi connectivity index (χ3v) is 3.05. The molecule has 1 heterocycles. The van der Waals surface area contributed by atoms with Gasteiger partial charge in [-0.25, -0.2) is 9.37 Å². The van der Waals surface area contributed by atoms with E-state index in [1.165, 1.54) is 36.5 Å². The molecule has 0 aliphatic rings. The molecule has 0 bridgehead atoms. The molecule has 0 fully saturated rings. The maximum Gasteiger partial charge on any atom is 0.416 e. The summed E-state index contributed by atoms with van der Waals surface area (Å²) in [5.74, 6) is -0.105. The van der Waals surface area contributed by atoms with Crippen LogP contribution in [0.15, 0.2) is 59.1 Å². The highest BCUT2D eigenvalue weighted by Crippen LogP contribution is 2.33. The lowest BCUT2D eigenvalue weighted by Crippen LogP contribution is -2.04. The van der Waals surface area contributed by atoms with E-state index in [1.54, 1.807) is 6.07 Å². The van der Waals surface area contributed by atoms with E-state index in [-0.39, 0.29) is 17.2 Å². The van der Waals surface area contributed by atoms with E-state index in [9.17, 15) is 17.6 Å². The fourth-order valence-corrected chi connectivity index (χ4v) is 2.01. The smallest absolute Gasteiger partial charge is 0.416 e. The van der Waals surface area contributed by atoms with Gasteiger partial charge in [-0.3, -0.25) is 0 Å². The van der Waals surface area contributed by atoms with Gasteiger partial charge in [-0.05, 0) is 30.3 Å². The first-order chi connectivity index (χ1) is 10.4. The molecule has 2 nitrogen and oxygen atoms in total. The molecule has 22 heavy (non-hydrogen) atoms. The van der Waals surface area contributed by atoms with Gasteiger partial charge in [-0.2, -0.15) is 13.2 Å². The van der Waals surface area contributed by atoms with Crippen molar-refractivity contribution in [3.8, 4) is 22.8 Å². The summed E-state index contributed by atoms with van der Waals surface area (Å²) in [6.45, 7) is 0. The number of aromatic nitrogens is 1. The fraction of sp³-hybridized carbons (Fsp3) is 0.0625. The highest BCUT2D eigenvalue weighted by molar-refractivity contribution is 5.61. The zero-order chi connectivity index (χ0) is 15.7. The standard InChI is InChI=1S/C16H9F4NO/c17-13-6-2-3-10(8-13)14-9-21-15(22-14)11-4-1-5-12(7-11)16(18,19)20/h1-9H. The minimum atomic E-state index is -4.44. The van der Waals surface area contributed by atoms with Crippen LogP contribution < -0.4 is 0 Å². The van der Waals surface area contributed by atoms with Crippen molar-refractivity contribution >= 4 is 0 Å². The van der Waals surface area contributed by atoms with Crippen LogP contribution in [-0.4, -0.2) is 4.98 Å². The Balaban J connectivity index is 1.98. The normalized spacial score (nSPS) is 11.6. The summed E-state index contributed by atoms with van der Waals surface area (Å²) in [5.41, 5.74) is -0.112. The molecule has 0 N–H and O–H groups in total. The van der Waals surface area contributed by atoms with Crippen molar-refractivity contribution < 1.29 is 22.0 Å². The van der Waals surface area contributed by atoms with Crippen LogP contribution >= 0.6 is 0 Å². The molecular formula is C16H9F4NO. The van der Waals surface area contributed by atoms with Gasteiger partial charge in [0.05, 0.1) is 11.8 Å². The van der Waals surface area contributed by atoms with Crippen LogP contribution in [0.2, 0.25) is 0 Å². The molecule has 0 atom stereocenters. The van der Waals surface area contributed by atoms with Gasteiger partial charge in [0, 0.05) is 11.1 Å². The molecule has 1 aromatic heterocycles. The minimum absolute atomic E-state index is 0.0466. The number of hydrogen-bond donors (Lipinski definition) is 0. The maximum absolute atomic E-state index is 13.2. The summed E-state index contributed by atoms with van der Waals surface area (Å²) in [6.07, 6.45) is -3.08. The molecule has 0 radical (unpaired) electrons. The van der Waals surface area contributed by atoms with E-state index in [1.807, 2.05) is 0 Å². The second-order valence-electron chi connectivity index (χ2n) is 4.62. The molecule has 112 valence electrons. The highest BCUT2D eigenvalue weighted by Gasteiger charge is 2.30. The Bertz CT molecular complexity index is 808. The predicted octanol–water partition coefficient (Wildman–Crippen LogP) is 5.17. The maximum atomic E-state index is 13.2. The number of alkyl halides is 3. The van der Waals surface area contributed by atoms with Crippen molar-refractivity contribution in [3.63, 3.8) is 0 Å². The van der Waals surface area contributed by atoms with Gasteiger partial charge < -0.3 is 4.42 Å². The quantitative estimate of drug-likeness (QED) is 0.611. The Morgan fingerprint density at radius 2 is 1.64 bits per heavy atom. The first-order valence-corrected chi connectivity index (χ1v) is 6.33. The molecule has 0 spiro atoms. The molecule has 0 saturated carbocycles. The van der Waals surface area contributed by atoms with Crippen LogP contribution in [0.4, 0.5) is 17.6 Å². The van der Waals surface area contributed by atoms with Gasteiger partial charge in [0.2, 0.25) is 5.89 Å². The molecule has 2 aromatic carbocycles. The molecule has 0 amide bonds. The van der Waals surface area contributed by atoms with Crippen LogP contribution in [0.5, 0.6) is 0 Å². The number of nitrogens with zero attached hydrogens (tertiary/aromatic N) is 1. The molecule has 6 heteroatoms. The molecular weight excluding hydrogens is 298 g/mol. The minimum Gasteiger partial charge on any atom is -0.436 e. The lowest BCUT2D eigenvalue weighted by molar-refractivity contribution is -0.137. The summed E-state index contributed by atoms with van der Waals surface area (Å²) >= 11 is 0. The van der Waals surface area contributed by atoms with Gasteiger partial charge in [0.25, 0.3) is 0 Å². The van der Waals surface area contributed by atoms with Gasteiger partial charge in [-0.1, -0.05) is 18.2 Å². The first kappa shape index (κ1) is 14.3. The lowest BCUT2D eigenvalue weighted by Gasteiger charge is -2.06. The molecule has 0 saturated heterocycles. The highest BCUT2D eigenvalue weighted by atomic mass is 19.4. The lowest BCUT2D eigenvalue weighted by atomic mass is 10.1. The zero-order valence-corrected chi connectivity index (χ0v) is 11.1. The molecule has 3 aromatic rings. The number of rotatable bonds is 2. The third kappa shape index (κ3) is 2.86. The van der Waals surface area contributed by atoms with E-state index >= 15 is 0 Å². The van der Waals surface area contributed by atoms with Crippen molar-refractivity contribution in [2.45, 2.75) is 6.18 Å². The van der Waals surface area contributed by atoms with E-state index in [2.05, 4.69) is 4.98 Å². The molecule has 3 rings (SSSR count). The van der Waals surface area contributed by atoms with Crippen LogP contribution in [0.1, 0.15) is 5.56 Å². The Morgan fingerprint density at radius 3 is 2.36 bits per heavy atom. The molecule has 0 aliphatic heterocycles. The fourth-order valence-electron chi connectivity index (χ4n) is 2.01. The van der Waals surface area contributed by atoms with E-state index < -0.39 is 17.6 Å². The Morgan fingerprint density at radius 1 is 0.909 bits per heavy atom. The Kier molecular flexibility index (Phi) is 3.44. The van der Waals surface area contributed by atoms with Crippen molar-refractivity contribution in [2.75, 3.05) is 0 Å². The molecule has 0 unspecified atom stereocenters. The van der Waals surface area contributed by atoms with Crippen molar-refractivity contribution in [1.29, 1.82) is 0 Å². The Hall–Kier alpha value is -2.63. The average molecular weight is 307 g/mol. The van der Waals surface area contributed by atoms with Crippen molar-refractivity contribution in [1.82, 2.24) is 4.98 Å². The molecule has 0 aliphatic carbocycles. The van der Waals surface area contributed by atoms with Gasteiger partial charge in [-0.15, -0.1) is 0 Å².